The number of aromatic amines is 1. The first kappa shape index (κ1) is 12.0. The molecule has 0 bridgehead atoms. The maximum absolute atomic E-state index is 11.6. The molecule has 0 aliphatic carbocycles. The largest absolute Gasteiger partial charge is 0.437 e. The molecule has 0 radical (unpaired) electrons. The van der Waals surface area contributed by atoms with E-state index in [0.29, 0.717) is 6.42 Å². The van der Waals surface area contributed by atoms with Crippen molar-refractivity contribution in [1.82, 2.24) is 19.5 Å². The van der Waals surface area contributed by atoms with Crippen LogP contribution in [0.4, 0.5) is 11.9 Å². The second-order valence-electron chi connectivity index (χ2n) is 3.92. The predicted octanol–water partition coefficient (Wildman–Crippen LogP) is 0.581. The van der Waals surface area contributed by atoms with Gasteiger partial charge in [0.05, 0.1) is 6.04 Å². The molecular formula is C9H12N6O3. The summed E-state index contributed by atoms with van der Waals surface area (Å²) >= 11 is 0. The minimum atomic E-state index is -0.635. The zero-order chi connectivity index (χ0) is 13.4. The second-order valence-corrected chi connectivity index (χ2v) is 3.92. The van der Waals surface area contributed by atoms with E-state index in [2.05, 4.69) is 15.0 Å². The molecule has 3 N–H and O–H groups in total. The first-order chi connectivity index (χ1) is 8.45. The fourth-order valence-corrected chi connectivity index (χ4v) is 1.71. The number of hydrogen-bond donors (Lipinski definition) is 2. The first-order valence-corrected chi connectivity index (χ1v) is 5.37. The number of nitrogens with two attached hydrogens (primary N) is 1. The lowest BCUT2D eigenvalue weighted by molar-refractivity contribution is -0.396. The number of nitrogens with zero attached hydrogens (tertiary/aromatic N) is 4. The van der Waals surface area contributed by atoms with E-state index < -0.39 is 16.4 Å². The third-order valence-corrected chi connectivity index (χ3v) is 2.75. The SMILES string of the molecule is CCC(C)n1c([N+](=O)[O-])nc2c(=O)[nH]c(N)nc21. The second kappa shape index (κ2) is 4.09. The van der Waals surface area contributed by atoms with Gasteiger partial charge in [-0.3, -0.25) is 9.78 Å². The van der Waals surface area contributed by atoms with Gasteiger partial charge in [0.2, 0.25) is 11.6 Å². The van der Waals surface area contributed by atoms with E-state index in [-0.39, 0.29) is 23.2 Å². The number of aromatic nitrogens is 4. The van der Waals surface area contributed by atoms with Crippen LogP contribution in [-0.2, 0) is 0 Å². The molecule has 9 nitrogen and oxygen atoms in total. The number of rotatable bonds is 3. The Balaban J connectivity index is 2.90. The van der Waals surface area contributed by atoms with Crippen LogP contribution in [0.5, 0.6) is 0 Å². The number of hydrogen-bond acceptors (Lipinski definition) is 6. The normalized spacial score (nSPS) is 12.8. The summed E-state index contributed by atoms with van der Waals surface area (Å²) < 4.78 is 1.32. The summed E-state index contributed by atoms with van der Waals surface area (Å²) in [6, 6.07) is -0.205. The quantitative estimate of drug-likeness (QED) is 0.606. The van der Waals surface area contributed by atoms with Gasteiger partial charge in [0.1, 0.15) is 0 Å². The van der Waals surface area contributed by atoms with E-state index in [9.17, 15) is 14.9 Å². The lowest BCUT2D eigenvalue weighted by Gasteiger charge is -2.08. The van der Waals surface area contributed by atoms with Gasteiger partial charge in [0.15, 0.2) is 0 Å². The van der Waals surface area contributed by atoms with Crippen molar-refractivity contribution in [2.75, 3.05) is 5.73 Å². The topological polar surface area (TPSA) is 133 Å². The molecule has 0 amide bonds. The van der Waals surface area contributed by atoms with Crippen LogP contribution in [0.2, 0.25) is 0 Å². The fourth-order valence-electron chi connectivity index (χ4n) is 1.71. The van der Waals surface area contributed by atoms with Crippen LogP contribution in [0.25, 0.3) is 11.2 Å². The Morgan fingerprint density at radius 3 is 2.78 bits per heavy atom. The Kier molecular flexibility index (Phi) is 2.73. The minimum Gasteiger partial charge on any atom is -0.390 e. The highest BCUT2D eigenvalue weighted by Gasteiger charge is 2.28. The first-order valence-electron chi connectivity index (χ1n) is 5.37. The third-order valence-electron chi connectivity index (χ3n) is 2.75. The highest BCUT2D eigenvalue weighted by atomic mass is 16.6. The molecule has 1 atom stereocenters. The molecule has 1 unspecified atom stereocenters. The van der Waals surface area contributed by atoms with Gasteiger partial charge in [-0.15, -0.1) is 0 Å². The molecule has 18 heavy (non-hydrogen) atoms. The van der Waals surface area contributed by atoms with E-state index in [1.807, 2.05) is 6.92 Å². The molecule has 0 saturated heterocycles. The highest BCUT2D eigenvalue weighted by molar-refractivity contribution is 5.73. The zero-order valence-electron chi connectivity index (χ0n) is 9.88. The number of imidazole rings is 1. The van der Waals surface area contributed by atoms with Gasteiger partial charge >= 0.3 is 5.95 Å². The van der Waals surface area contributed by atoms with Gasteiger partial charge in [-0.05, 0) is 18.3 Å². The van der Waals surface area contributed by atoms with Crippen molar-refractivity contribution < 1.29 is 4.92 Å². The summed E-state index contributed by atoms with van der Waals surface area (Å²) in [5.74, 6) is -0.491. The minimum absolute atomic E-state index is 0.0730. The van der Waals surface area contributed by atoms with Crippen LogP contribution in [0, 0.1) is 10.1 Å². The van der Waals surface area contributed by atoms with Crippen LogP contribution >= 0.6 is 0 Å². The summed E-state index contributed by atoms with van der Waals surface area (Å²) in [5.41, 5.74) is 4.93. The van der Waals surface area contributed by atoms with E-state index >= 15 is 0 Å². The number of anilines is 1. The summed E-state index contributed by atoms with van der Waals surface area (Å²) in [4.78, 5) is 31.9. The molecule has 2 rings (SSSR count). The van der Waals surface area contributed by atoms with Crippen molar-refractivity contribution in [2.24, 2.45) is 0 Å². The zero-order valence-corrected chi connectivity index (χ0v) is 9.88. The molecule has 96 valence electrons. The average Bonchev–Trinajstić information content (AvgIpc) is 2.67. The fraction of sp³-hybridized carbons (Fsp3) is 0.444. The molecule has 0 aromatic carbocycles. The number of H-pyrrole nitrogens is 1. The lowest BCUT2D eigenvalue weighted by Crippen LogP contribution is -2.13. The Hall–Kier alpha value is -2.45. The maximum atomic E-state index is 11.6. The van der Waals surface area contributed by atoms with Crippen LogP contribution in [0.15, 0.2) is 4.79 Å². The standard InChI is InChI=1S/C9H12N6O3/c1-3-4(2)14-6-5(11-9(14)15(17)18)7(16)13-8(10)12-6/h4H,3H2,1-2H3,(H3,10,12,13,16). The van der Waals surface area contributed by atoms with E-state index in [0.717, 1.165) is 0 Å². The molecule has 2 aromatic heterocycles. The Labute approximate surface area is 101 Å². The van der Waals surface area contributed by atoms with Gasteiger partial charge in [0.25, 0.3) is 11.1 Å². The van der Waals surface area contributed by atoms with Crippen molar-refractivity contribution in [3.63, 3.8) is 0 Å². The molecule has 2 heterocycles. The highest BCUT2D eigenvalue weighted by Crippen LogP contribution is 2.24. The molecule has 2 aromatic rings. The molecule has 9 heteroatoms. The van der Waals surface area contributed by atoms with Crippen molar-refractivity contribution in [1.29, 1.82) is 0 Å². The molecule has 0 aliphatic rings. The van der Waals surface area contributed by atoms with Crippen LogP contribution in [-0.4, -0.2) is 24.4 Å². The van der Waals surface area contributed by atoms with Crippen molar-refractivity contribution in [3.05, 3.63) is 20.5 Å². The Bertz CT molecular complexity index is 673. The van der Waals surface area contributed by atoms with Crippen LogP contribution < -0.4 is 11.3 Å². The Morgan fingerprint density at radius 1 is 1.56 bits per heavy atom. The van der Waals surface area contributed by atoms with Crippen molar-refractivity contribution in [3.8, 4) is 0 Å². The van der Waals surface area contributed by atoms with Gasteiger partial charge in [-0.25, -0.2) is 4.57 Å². The van der Waals surface area contributed by atoms with E-state index in [1.165, 1.54) is 4.57 Å². The van der Waals surface area contributed by atoms with Gasteiger partial charge in [0, 0.05) is 0 Å². The third kappa shape index (κ3) is 1.69. The number of nitrogens with one attached hydrogen (secondary N) is 1. The summed E-state index contributed by atoms with van der Waals surface area (Å²) in [6.07, 6.45) is 0.640. The van der Waals surface area contributed by atoms with Gasteiger partial charge in [-0.2, -0.15) is 4.98 Å². The molecular weight excluding hydrogens is 240 g/mol. The number of nitrogen functional groups attached to an aromatic ring is 1. The van der Waals surface area contributed by atoms with Crippen LogP contribution in [0.1, 0.15) is 26.3 Å². The number of fused-ring (bicyclic) bond motifs is 1. The molecule has 0 aliphatic heterocycles. The lowest BCUT2D eigenvalue weighted by atomic mass is 10.2. The Morgan fingerprint density at radius 2 is 2.22 bits per heavy atom. The summed E-state index contributed by atoms with van der Waals surface area (Å²) in [7, 11) is 0. The van der Waals surface area contributed by atoms with E-state index in [4.69, 9.17) is 5.73 Å². The average molecular weight is 252 g/mol. The summed E-state index contributed by atoms with van der Waals surface area (Å²) in [5, 5.41) is 11.0. The van der Waals surface area contributed by atoms with Crippen molar-refractivity contribution in [2.45, 2.75) is 26.3 Å². The monoisotopic (exact) mass is 252 g/mol. The van der Waals surface area contributed by atoms with E-state index in [1.54, 1.807) is 6.92 Å². The predicted molar refractivity (Wildman–Crippen MR) is 64.2 cm³/mol. The molecule has 0 saturated carbocycles. The van der Waals surface area contributed by atoms with Gasteiger partial charge < -0.3 is 15.8 Å². The van der Waals surface area contributed by atoms with Gasteiger partial charge in [-0.1, -0.05) is 11.9 Å². The maximum Gasteiger partial charge on any atom is 0.437 e. The smallest absolute Gasteiger partial charge is 0.390 e. The number of nitro groups is 1. The summed E-state index contributed by atoms with van der Waals surface area (Å²) in [6.45, 7) is 3.66. The molecule has 0 spiro atoms. The van der Waals surface area contributed by atoms with Crippen LogP contribution in [0.3, 0.4) is 0 Å². The molecule has 0 fully saturated rings. The van der Waals surface area contributed by atoms with Crippen molar-refractivity contribution >= 4 is 23.1 Å².